The first-order chi connectivity index (χ1) is 14.2. The molecule has 156 valence electrons. The lowest BCUT2D eigenvalue weighted by molar-refractivity contribution is -0.118. The molecule has 0 spiro atoms. The van der Waals surface area contributed by atoms with Crippen LogP contribution < -0.4 is 5.06 Å². The van der Waals surface area contributed by atoms with Crippen LogP contribution >= 0.6 is 0 Å². The van der Waals surface area contributed by atoms with Gasteiger partial charge in [-0.05, 0) is 62.5 Å². The molecule has 2 fully saturated rings. The summed E-state index contributed by atoms with van der Waals surface area (Å²) in [6.07, 6.45) is 11.3. The molecule has 1 amide bonds. The maximum atomic E-state index is 11.7. The molecular formula is C23H32N4O2. The Balaban J connectivity index is 1.58. The van der Waals surface area contributed by atoms with E-state index in [2.05, 4.69) is 16.0 Å². The Morgan fingerprint density at radius 1 is 1.21 bits per heavy atom. The number of nitrogens with zero attached hydrogens (tertiary/aromatic N) is 4. The number of aromatic nitrogens is 2. The smallest absolute Gasteiger partial charge is 0.274 e. The zero-order chi connectivity index (χ0) is 20.2. The highest BCUT2D eigenvalue weighted by Crippen LogP contribution is 2.30. The number of rotatable bonds is 8. The maximum absolute atomic E-state index is 11.7. The topological polar surface area (TPSA) is 61.6 Å². The minimum Gasteiger partial charge on any atom is -0.327 e. The number of imidazole rings is 1. The van der Waals surface area contributed by atoms with Crippen molar-refractivity contribution in [2.45, 2.75) is 57.9 Å². The second kappa shape index (κ2) is 9.09. The van der Waals surface area contributed by atoms with Gasteiger partial charge in [-0.2, -0.15) is 5.06 Å². The van der Waals surface area contributed by atoms with Gasteiger partial charge in [-0.15, -0.1) is 0 Å². The van der Waals surface area contributed by atoms with Crippen molar-refractivity contribution >= 4 is 22.6 Å². The predicted octanol–water partition coefficient (Wildman–Crippen LogP) is 4.16. The summed E-state index contributed by atoms with van der Waals surface area (Å²) in [4.78, 5) is 19.2. The molecule has 0 radical (unpaired) electrons. The number of carbonyl (C=O) groups excluding carboxylic acids is 1. The first-order valence-electron chi connectivity index (χ1n) is 11.0. The SMILES string of the molecule is C=CC(=O)N(O)c1ccc2c(c1)nc(CCC1CCCC1)n2CCN1CCCC1. The van der Waals surface area contributed by atoms with E-state index in [-0.39, 0.29) is 0 Å². The summed E-state index contributed by atoms with van der Waals surface area (Å²) >= 11 is 0. The number of aryl methyl sites for hydroxylation is 1. The van der Waals surface area contributed by atoms with E-state index in [0.717, 1.165) is 48.4 Å². The zero-order valence-electron chi connectivity index (χ0n) is 17.2. The van der Waals surface area contributed by atoms with Gasteiger partial charge >= 0.3 is 0 Å². The van der Waals surface area contributed by atoms with Gasteiger partial charge in [0.15, 0.2) is 0 Å². The van der Waals surface area contributed by atoms with Crippen molar-refractivity contribution < 1.29 is 10.0 Å². The molecule has 1 aliphatic carbocycles. The third kappa shape index (κ3) is 4.54. The van der Waals surface area contributed by atoms with Gasteiger partial charge in [0.05, 0.1) is 16.7 Å². The number of anilines is 1. The quantitative estimate of drug-likeness (QED) is 0.413. The number of carbonyl (C=O) groups is 1. The molecule has 6 nitrogen and oxygen atoms in total. The van der Waals surface area contributed by atoms with Gasteiger partial charge in [-0.1, -0.05) is 32.3 Å². The van der Waals surface area contributed by atoms with Gasteiger partial charge in [0, 0.05) is 19.5 Å². The van der Waals surface area contributed by atoms with Crippen LogP contribution in [0.3, 0.4) is 0 Å². The summed E-state index contributed by atoms with van der Waals surface area (Å²) in [5.41, 5.74) is 2.34. The largest absolute Gasteiger partial charge is 0.327 e. The van der Waals surface area contributed by atoms with Gasteiger partial charge in [0.25, 0.3) is 5.91 Å². The van der Waals surface area contributed by atoms with E-state index in [4.69, 9.17) is 4.98 Å². The average Bonchev–Trinajstić information content (AvgIpc) is 3.50. The monoisotopic (exact) mass is 396 g/mol. The summed E-state index contributed by atoms with van der Waals surface area (Å²) in [5.74, 6) is 1.41. The summed E-state index contributed by atoms with van der Waals surface area (Å²) in [6, 6.07) is 5.54. The normalized spacial score (nSPS) is 18.0. The lowest BCUT2D eigenvalue weighted by Crippen LogP contribution is -2.25. The molecule has 1 saturated carbocycles. The highest BCUT2D eigenvalue weighted by Gasteiger charge is 2.19. The second-order valence-electron chi connectivity index (χ2n) is 8.44. The number of amides is 1. The third-order valence-corrected chi connectivity index (χ3v) is 6.53. The van der Waals surface area contributed by atoms with E-state index in [1.54, 1.807) is 12.1 Å². The number of benzene rings is 1. The molecule has 1 N–H and O–H groups in total. The third-order valence-electron chi connectivity index (χ3n) is 6.53. The molecular weight excluding hydrogens is 364 g/mol. The molecule has 0 atom stereocenters. The maximum Gasteiger partial charge on any atom is 0.274 e. The second-order valence-corrected chi connectivity index (χ2v) is 8.44. The van der Waals surface area contributed by atoms with Gasteiger partial charge in [0.2, 0.25) is 0 Å². The Bertz CT molecular complexity index is 863. The fraction of sp³-hybridized carbons (Fsp3) is 0.565. The molecule has 1 aromatic carbocycles. The molecule has 4 rings (SSSR count). The lowest BCUT2D eigenvalue weighted by Gasteiger charge is -2.17. The molecule has 1 aliphatic heterocycles. The predicted molar refractivity (Wildman–Crippen MR) is 115 cm³/mol. The number of hydrogen-bond acceptors (Lipinski definition) is 4. The minimum atomic E-state index is -0.542. The van der Waals surface area contributed by atoms with Crippen molar-refractivity contribution in [2.75, 3.05) is 24.7 Å². The van der Waals surface area contributed by atoms with Crippen LogP contribution in [0.15, 0.2) is 30.9 Å². The van der Waals surface area contributed by atoms with Crippen LogP contribution in [0.1, 0.15) is 50.8 Å². The number of hydrogen-bond donors (Lipinski definition) is 1. The van der Waals surface area contributed by atoms with Crippen molar-refractivity contribution in [3.05, 3.63) is 36.7 Å². The molecule has 1 aromatic heterocycles. The fourth-order valence-electron chi connectivity index (χ4n) is 4.83. The van der Waals surface area contributed by atoms with E-state index in [9.17, 15) is 10.0 Å². The number of likely N-dealkylation sites (tertiary alicyclic amines) is 1. The average molecular weight is 397 g/mol. The van der Waals surface area contributed by atoms with Crippen LogP contribution in [0, 0.1) is 5.92 Å². The molecule has 2 aliphatic rings. The number of hydroxylamine groups is 1. The summed E-state index contributed by atoms with van der Waals surface area (Å²) < 4.78 is 2.35. The van der Waals surface area contributed by atoms with Gasteiger partial charge < -0.3 is 9.47 Å². The van der Waals surface area contributed by atoms with E-state index < -0.39 is 5.91 Å². The Hall–Kier alpha value is -2.18. The standard InChI is InChI=1S/C23H32N4O2/c1-2-23(28)27(29)19-10-11-21-20(17-19)24-22(12-9-18-7-3-4-8-18)26(21)16-15-25-13-5-6-14-25/h2,10-11,17-18,29H,1,3-9,12-16H2. The lowest BCUT2D eigenvalue weighted by atomic mass is 10.0. The summed E-state index contributed by atoms with van der Waals surface area (Å²) in [7, 11) is 0. The molecule has 2 aromatic rings. The highest BCUT2D eigenvalue weighted by atomic mass is 16.5. The van der Waals surface area contributed by atoms with Crippen molar-refractivity contribution in [3.63, 3.8) is 0 Å². The molecule has 0 unspecified atom stereocenters. The van der Waals surface area contributed by atoms with E-state index in [1.807, 2.05) is 6.07 Å². The molecule has 2 heterocycles. The number of fused-ring (bicyclic) bond motifs is 1. The molecule has 1 saturated heterocycles. The van der Waals surface area contributed by atoms with Crippen molar-refractivity contribution in [2.24, 2.45) is 5.92 Å². The Morgan fingerprint density at radius 3 is 2.69 bits per heavy atom. The Labute approximate surface area is 172 Å². The Morgan fingerprint density at radius 2 is 1.97 bits per heavy atom. The highest BCUT2D eigenvalue weighted by molar-refractivity contribution is 6.00. The van der Waals surface area contributed by atoms with Crippen molar-refractivity contribution in [1.82, 2.24) is 14.5 Å². The first kappa shape index (κ1) is 20.1. The minimum absolute atomic E-state index is 0.425. The van der Waals surface area contributed by atoms with Gasteiger partial charge in [-0.3, -0.25) is 10.0 Å². The molecule has 0 bridgehead atoms. The van der Waals surface area contributed by atoms with E-state index >= 15 is 0 Å². The van der Waals surface area contributed by atoms with Gasteiger partial charge in [0.1, 0.15) is 5.82 Å². The molecule has 29 heavy (non-hydrogen) atoms. The van der Waals surface area contributed by atoms with Crippen LogP contribution in [0.25, 0.3) is 11.0 Å². The van der Waals surface area contributed by atoms with Crippen LogP contribution in [0.2, 0.25) is 0 Å². The van der Waals surface area contributed by atoms with Crippen LogP contribution in [0.5, 0.6) is 0 Å². The molecule has 6 heteroatoms. The zero-order valence-corrected chi connectivity index (χ0v) is 17.2. The van der Waals surface area contributed by atoms with Gasteiger partial charge in [-0.25, -0.2) is 4.98 Å². The van der Waals surface area contributed by atoms with Crippen molar-refractivity contribution in [1.29, 1.82) is 0 Å². The van der Waals surface area contributed by atoms with E-state index in [1.165, 1.54) is 58.0 Å². The Kier molecular flexibility index (Phi) is 6.31. The van der Waals surface area contributed by atoms with Crippen LogP contribution in [0.4, 0.5) is 5.69 Å². The fourth-order valence-corrected chi connectivity index (χ4v) is 4.83. The summed E-state index contributed by atoms with van der Waals surface area (Å²) in [6.45, 7) is 7.80. The van der Waals surface area contributed by atoms with Crippen LogP contribution in [-0.4, -0.2) is 45.2 Å². The van der Waals surface area contributed by atoms with Crippen LogP contribution in [-0.2, 0) is 17.8 Å². The first-order valence-corrected chi connectivity index (χ1v) is 11.0. The van der Waals surface area contributed by atoms with Crippen molar-refractivity contribution in [3.8, 4) is 0 Å². The van der Waals surface area contributed by atoms with E-state index in [0.29, 0.717) is 10.8 Å². The summed E-state index contributed by atoms with van der Waals surface area (Å²) in [5, 5.41) is 10.7.